The molecule has 2 aliphatic heterocycles. The van der Waals surface area contributed by atoms with Crippen LogP contribution in [0.4, 0.5) is 11.8 Å². The summed E-state index contributed by atoms with van der Waals surface area (Å²) in [6.45, 7) is 3.33. The van der Waals surface area contributed by atoms with Crippen LogP contribution >= 0.6 is 0 Å². The Morgan fingerprint density at radius 2 is 2.36 bits per heavy atom. The van der Waals surface area contributed by atoms with Crippen molar-refractivity contribution in [1.82, 2.24) is 9.97 Å². The molecule has 1 aromatic rings. The molecule has 8 nitrogen and oxygen atoms in total. The first-order valence-electron chi connectivity index (χ1n) is 7.25. The molecule has 0 saturated carbocycles. The smallest absolute Gasteiger partial charge is 0.303 e. The Labute approximate surface area is 127 Å². The summed E-state index contributed by atoms with van der Waals surface area (Å²) in [5.74, 6) is -0.0258. The van der Waals surface area contributed by atoms with Crippen LogP contribution in [0.15, 0.2) is 6.20 Å². The number of amides is 1. The zero-order valence-corrected chi connectivity index (χ0v) is 12.5. The van der Waals surface area contributed by atoms with Crippen LogP contribution < -0.4 is 10.6 Å². The van der Waals surface area contributed by atoms with E-state index in [0.717, 1.165) is 6.42 Å². The standard InChI is InChI=1S/C14H18N4O4/c1-3-9-5-10(21-7(2)19)13(22-9)18-11(20)4-8-6-16-14(15)17-12(8)18/h6,9-10,13H,3-5H2,1-2H3,(H2,15,16,17)/t9-,10-,13-/m1/s1. The van der Waals surface area contributed by atoms with Crippen LogP contribution in [-0.2, 0) is 25.5 Å². The molecule has 1 saturated heterocycles. The number of nitrogens with zero attached hydrogens (tertiary/aromatic N) is 3. The van der Waals surface area contributed by atoms with Crippen LogP contribution in [0.1, 0.15) is 32.3 Å². The molecule has 0 radical (unpaired) electrons. The quantitative estimate of drug-likeness (QED) is 0.805. The van der Waals surface area contributed by atoms with Gasteiger partial charge in [0.1, 0.15) is 11.9 Å². The van der Waals surface area contributed by atoms with Crippen LogP contribution in [0.2, 0.25) is 0 Å². The second-order valence-corrected chi connectivity index (χ2v) is 5.46. The van der Waals surface area contributed by atoms with Crippen molar-refractivity contribution in [2.75, 3.05) is 10.6 Å². The number of hydrogen-bond donors (Lipinski definition) is 1. The van der Waals surface area contributed by atoms with E-state index in [-0.39, 0.29) is 24.4 Å². The maximum absolute atomic E-state index is 12.4. The summed E-state index contributed by atoms with van der Waals surface area (Å²) in [7, 11) is 0. The van der Waals surface area contributed by atoms with Gasteiger partial charge in [-0.15, -0.1) is 0 Å². The lowest BCUT2D eigenvalue weighted by molar-refractivity contribution is -0.150. The highest BCUT2D eigenvalue weighted by Gasteiger charge is 2.46. The first-order valence-corrected chi connectivity index (χ1v) is 7.25. The third-order valence-electron chi connectivity index (χ3n) is 3.87. The number of fused-ring (bicyclic) bond motifs is 1. The van der Waals surface area contributed by atoms with Crippen molar-refractivity contribution in [2.45, 2.75) is 51.5 Å². The minimum absolute atomic E-state index is 0.0645. The first-order chi connectivity index (χ1) is 10.5. The molecule has 118 valence electrons. The van der Waals surface area contributed by atoms with Crippen LogP contribution in [0.5, 0.6) is 0 Å². The summed E-state index contributed by atoms with van der Waals surface area (Å²) in [6.07, 6.45) is 1.83. The third-order valence-corrected chi connectivity index (χ3v) is 3.87. The Morgan fingerprint density at radius 1 is 1.59 bits per heavy atom. The number of esters is 1. The number of anilines is 2. The average molecular weight is 306 g/mol. The average Bonchev–Trinajstić information content (AvgIpc) is 2.98. The van der Waals surface area contributed by atoms with Gasteiger partial charge in [-0.25, -0.2) is 4.98 Å². The SMILES string of the molecule is CC[C@@H]1C[C@@H](OC(C)=O)[C@H](N2C(=O)Cc3cnc(N)nc32)O1. The van der Waals surface area contributed by atoms with Crippen molar-refractivity contribution in [1.29, 1.82) is 0 Å². The van der Waals surface area contributed by atoms with Crippen LogP contribution in [0.25, 0.3) is 0 Å². The number of hydrogen-bond acceptors (Lipinski definition) is 7. The topological polar surface area (TPSA) is 108 Å². The maximum atomic E-state index is 12.4. The summed E-state index contributed by atoms with van der Waals surface area (Å²) in [6, 6.07) is 0. The molecule has 0 bridgehead atoms. The molecule has 0 aromatic carbocycles. The Morgan fingerprint density at radius 3 is 3.05 bits per heavy atom. The lowest BCUT2D eigenvalue weighted by atomic mass is 10.1. The van der Waals surface area contributed by atoms with Gasteiger partial charge in [-0.05, 0) is 6.42 Å². The molecular formula is C14H18N4O4. The van der Waals surface area contributed by atoms with Gasteiger partial charge in [0.2, 0.25) is 11.9 Å². The van der Waals surface area contributed by atoms with Gasteiger partial charge in [-0.3, -0.25) is 14.5 Å². The van der Waals surface area contributed by atoms with Crippen LogP contribution in [0.3, 0.4) is 0 Å². The highest BCUT2D eigenvalue weighted by Crippen LogP contribution is 2.35. The fraction of sp³-hybridized carbons (Fsp3) is 0.571. The number of carbonyl (C=O) groups is 2. The second-order valence-electron chi connectivity index (χ2n) is 5.46. The lowest BCUT2D eigenvalue weighted by Crippen LogP contribution is -2.45. The van der Waals surface area contributed by atoms with Crippen LogP contribution in [-0.4, -0.2) is 40.3 Å². The van der Waals surface area contributed by atoms with Gasteiger partial charge in [-0.2, -0.15) is 4.98 Å². The largest absolute Gasteiger partial charge is 0.458 e. The fourth-order valence-corrected chi connectivity index (χ4v) is 2.90. The zero-order chi connectivity index (χ0) is 15.9. The molecule has 3 heterocycles. The normalized spacial score (nSPS) is 27.1. The number of nitrogens with two attached hydrogens (primary N) is 1. The number of nitrogen functional groups attached to an aromatic ring is 1. The molecule has 2 aliphatic rings. The van der Waals surface area contributed by atoms with Gasteiger partial charge in [0.25, 0.3) is 0 Å². The minimum atomic E-state index is -0.670. The molecule has 1 fully saturated rings. The summed E-state index contributed by atoms with van der Waals surface area (Å²) in [5, 5.41) is 0. The van der Waals surface area contributed by atoms with Gasteiger partial charge in [0.15, 0.2) is 6.23 Å². The summed E-state index contributed by atoms with van der Waals surface area (Å²) < 4.78 is 11.2. The van der Waals surface area contributed by atoms with Gasteiger partial charge in [-0.1, -0.05) is 6.92 Å². The zero-order valence-electron chi connectivity index (χ0n) is 12.5. The minimum Gasteiger partial charge on any atom is -0.458 e. The monoisotopic (exact) mass is 306 g/mol. The van der Waals surface area contributed by atoms with Gasteiger partial charge < -0.3 is 15.2 Å². The van der Waals surface area contributed by atoms with Crippen molar-refractivity contribution in [3.8, 4) is 0 Å². The lowest BCUT2D eigenvalue weighted by Gasteiger charge is -2.27. The van der Waals surface area contributed by atoms with Crippen molar-refractivity contribution < 1.29 is 19.1 Å². The molecular weight excluding hydrogens is 288 g/mol. The van der Waals surface area contributed by atoms with Gasteiger partial charge in [0, 0.05) is 25.1 Å². The molecule has 0 unspecified atom stereocenters. The number of ether oxygens (including phenoxy) is 2. The predicted octanol–water partition coefficient (Wildman–Crippen LogP) is 0.405. The van der Waals surface area contributed by atoms with E-state index in [9.17, 15) is 9.59 Å². The molecule has 0 spiro atoms. The van der Waals surface area contributed by atoms with Crippen LogP contribution in [0, 0.1) is 0 Å². The third kappa shape index (κ3) is 2.50. The second kappa shape index (κ2) is 5.53. The first kappa shape index (κ1) is 14.7. The van der Waals surface area contributed by atoms with E-state index in [2.05, 4.69) is 9.97 Å². The van der Waals surface area contributed by atoms with E-state index in [0.29, 0.717) is 17.8 Å². The predicted molar refractivity (Wildman–Crippen MR) is 76.8 cm³/mol. The Kier molecular flexibility index (Phi) is 3.69. The summed E-state index contributed by atoms with van der Waals surface area (Å²) >= 11 is 0. The van der Waals surface area contributed by atoms with Crippen molar-refractivity contribution >= 4 is 23.6 Å². The molecule has 3 rings (SSSR count). The number of aromatic nitrogens is 2. The van der Waals surface area contributed by atoms with E-state index in [1.807, 2.05) is 6.92 Å². The molecule has 22 heavy (non-hydrogen) atoms. The molecule has 1 amide bonds. The molecule has 0 aliphatic carbocycles. The van der Waals surface area contributed by atoms with Crippen molar-refractivity contribution in [3.05, 3.63) is 11.8 Å². The molecule has 1 aromatic heterocycles. The van der Waals surface area contributed by atoms with E-state index in [1.165, 1.54) is 11.8 Å². The van der Waals surface area contributed by atoms with E-state index < -0.39 is 18.3 Å². The highest BCUT2D eigenvalue weighted by molar-refractivity contribution is 6.00. The highest BCUT2D eigenvalue weighted by atomic mass is 16.6. The number of carbonyl (C=O) groups excluding carboxylic acids is 2. The molecule has 8 heteroatoms. The number of rotatable bonds is 3. The van der Waals surface area contributed by atoms with Crippen molar-refractivity contribution in [2.24, 2.45) is 0 Å². The van der Waals surface area contributed by atoms with Crippen molar-refractivity contribution in [3.63, 3.8) is 0 Å². The summed E-state index contributed by atoms with van der Waals surface area (Å²) in [4.78, 5) is 33.2. The van der Waals surface area contributed by atoms with Gasteiger partial charge in [0.05, 0.1) is 12.5 Å². The van der Waals surface area contributed by atoms with E-state index in [1.54, 1.807) is 6.20 Å². The summed E-state index contributed by atoms with van der Waals surface area (Å²) in [5.41, 5.74) is 6.32. The Hall–Kier alpha value is -2.22. The van der Waals surface area contributed by atoms with E-state index >= 15 is 0 Å². The van der Waals surface area contributed by atoms with E-state index in [4.69, 9.17) is 15.2 Å². The fourth-order valence-electron chi connectivity index (χ4n) is 2.90. The maximum Gasteiger partial charge on any atom is 0.303 e. The molecule has 2 N–H and O–H groups in total. The van der Waals surface area contributed by atoms with Gasteiger partial charge >= 0.3 is 5.97 Å². The Balaban J connectivity index is 1.93. The Bertz CT molecular complexity index is 621. The molecule has 3 atom stereocenters.